The fourth-order valence-corrected chi connectivity index (χ4v) is 5.01. The first kappa shape index (κ1) is 21.2. The molecule has 0 bridgehead atoms. The van der Waals surface area contributed by atoms with Gasteiger partial charge in [-0.05, 0) is 42.7 Å². The number of hydrogen-bond donors (Lipinski definition) is 1. The first-order valence-corrected chi connectivity index (χ1v) is 10.4. The number of benzene rings is 1. The number of hydrogen-bond acceptors (Lipinski definition) is 4. The smallest absolute Gasteiger partial charge is 0.335 e. The third kappa shape index (κ3) is 6.23. The van der Waals surface area contributed by atoms with Gasteiger partial charge in [-0.3, -0.25) is 4.57 Å². The van der Waals surface area contributed by atoms with Crippen LogP contribution in [0.25, 0.3) is 0 Å². The minimum absolute atomic E-state index is 0.0537. The lowest BCUT2D eigenvalue weighted by Crippen LogP contribution is -2.25. The second-order valence-corrected chi connectivity index (χ2v) is 10.1. The van der Waals surface area contributed by atoms with Crippen LogP contribution in [-0.4, -0.2) is 18.3 Å². The van der Waals surface area contributed by atoms with Crippen LogP contribution in [0.5, 0.6) is 5.75 Å². The molecule has 4 nitrogen and oxygen atoms in total. The van der Waals surface area contributed by atoms with Crippen LogP contribution in [0.3, 0.4) is 0 Å². The largest absolute Gasteiger partial charge is 0.508 e. The fourth-order valence-electron chi connectivity index (χ4n) is 3.29. The monoisotopic (exact) mass is 356 g/mol. The van der Waals surface area contributed by atoms with E-state index in [1.807, 2.05) is 12.1 Å². The Balaban J connectivity index is 3.16. The maximum absolute atomic E-state index is 12.8. The molecule has 0 heterocycles. The molecule has 5 heteroatoms. The molecule has 0 fully saturated rings. The van der Waals surface area contributed by atoms with Crippen molar-refractivity contribution in [3.63, 3.8) is 0 Å². The van der Waals surface area contributed by atoms with Gasteiger partial charge in [0.15, 0.2) is 0 Å². The average Bonchev–Trinajstić information content (AvgIpc) is 2.38. The second-order valence-electron chi connectivity index (χ2n) is 8.07. The van der Waals surface area contributed by atoms with Crippen molar-refractivity contribution in [2.24, 2.45) is 5.41 Å². The lowest BCUT2D eigenvalue weighted by molar-refractivity contribution is 0.219. The lowest BCUT2D eigenvalue weighted by Gasteiger charge is -2.33. The molecule has 0 spiro atoms. The molecule has 0 saturated heterocycles. The van der Waals surface area contributed by atoms with E-state index in [0.29, 0.717) is 18.8 Å². The summed E-state index contributed by atoms with van der Waals surface area (Å²) in [6, 6.07) is 5.56. The maximum Gasteiger partial charge on any atom is 0.335 e. The summed E-state index contributed by atoms with van der Waals surface area (Å²) in [4.78, 5) is 0. The van der Waals surface area contributed by atoms with Gasteiger partial charge in [0.05, 0.1) is 19.4 Å². The molecule has 0 aliphatic rings. The van der Waals surface area contributed by atoms with Gasteiger partial charge in [-0.15, -0.1) is 0 Å². The molecule has 0 aliphatic heterocycles. The van der Waals surface area contributed by atoms with Crippen molar-refractivity contribution in [2.75, 3.05) is 13.2 Å². The van der Waals surface area contributed by atoms with Gasteiger partial charge in [0, 0.05) is 5.56 Å². The Labute approximate surface area is 147 Å². The number of phenols is 1. The van der Waals surface area contributed by atoms with E-state index in [-0.39, 0.29) is 22.7 Å². The quantitative estimate of drug-likeness (QED) is 0.592. The van der Waals surface area contributed by atoms with E-state index >= 15 is 0 Å². The first-order chi connectivity index (χ1) is 10.9. The van der Waals surface area contributed by atoms with Gasteiger partial charge in [0.2, 0.25) is 0 Å². The van der Waals surface area contributed by atoms with E-state index in [1.165, 1.54) is 0 Å². The molecule has 1 N–H and O–H groups in total. The number of rotatable bonds is 8. The summed E-state index contributed by atoms with van der Waals surface area (Å²) >= 11 is 0. The van der Waals surface area contributed by atoms with Crippen LogP contribution in [0.2, 0.25) is 0 Å². The van der Waals surface area contributed by atoms with Crippen molar-refractivity contribution in [1.29, 1.82) is 0 Å². The molecule has 0 atom stereocenters. The van der Waals surface area contributed by atoms with E-state index < -0.39 is 7.60 Å². The minimum Gasteiger partial charge on any atom is -0.508 e. The fraction of sp³-hybridized carbons (Fsp3) is 0.684. The summed E-state index contributed by atoms with van der Waals surface area (Å²) < 4.78 is 23.5. The Bertz CT molecular complexity index is 578. The van der Waals surface area contributed by atoms with Crippen LogP contribution in [0.4, 0.5) is 0 Å². The van der Waals surface area contributed by atoms with E-state index in [2.05, 4.69) is 34.6 Å². The topological polar surface area (TPSA) is 55.8 Å². The lowest BCUT2D eigenvalue weighted by atomic mass is 9.72. The summed E-state index contributed by atoms with van der Waals surface area (Å²) in [6.45, 7) is 15.2. The van der Waals surface area contributed by atoms with E-state index in [1.54, 1.807) is 19.9 Å². The highest BCUT2D eigenvalue weighted by Crippen LogP contribution is 2.52. The van der Waals surface area contributed by atoms with Crippen molar-refractivity contribution >= 4 is 7.60 Å². The molecule has 0 aromatic heterocycles. The van der Waals surface area contributed by atoms with Gasteiger partial charge >= 0.3 is 7.60 Å². The van der Waals surface area contributed by atoms with Crippen molar-refractivity contribution < 1.29 is 18.7 Å². The normalized spacial score (nSPS) is 13.3. The van der Waals surface area contributed by atoms with Crippen molar-refractivity contribution in [2.45, 2.75) is 66.5 Å². The zero-order valence-electron chi connectivity index (χ0n) is 16.2. The predicted molar refractivity (Wildman–Crippen MR) is 99.8 cm³/mol. The van der Waals surface area contributed by atoms with Gasteiger partial charge in [-0.25, -0.2) is 0 Å². The summed E-state index contributed by atoms with van der Waals surface area (Å²) in [5.41, 5.74) is 1.86. The standard InChI is InChI=1S/C19H33O4P/c1-8-22-24(21,23-9-2)13-15-12-16(10-11-17(15)20)19(6,7)14-18(3,4)5/h10-12,20H,8-9,13-14H2,1-7H3. The highest BCUT2D eigenvalue weighted by molar-refractivity contribution is 7.53. The molecular weight excluding hydrogens is 323 g/mol. The summed E-state index contributed by atoms with van der Waals surface area (Å²) in [5, 5.41) is 10.2. The van der Waals surface area contributed by atoms with Crippen molar-refractivity contribution in [1.82, 2.24) is 0 Å². The van der Waals surface area contributed by atoms with Gasteiger partial charge in [0.25, 0.3) is 0 Å². The van der Waals surface area contributed by atoms with E-state index in [4.69, 9.17) is 9.05 Å². The van der Waals surface area contributed by atoms with Crippen molar-refractivity contribution in [3.8, 4) is 5.75 Å². The molecule has 24 heavy (non-hydrogen) atoms. The summed E-state index contributed by atoms with van der Waals surface area (Å²) in [5.74, 6) is 0.130. The molecule has 0 amide bonds. The van der Waals surface area contributed by atoms with E-state index in [0.717, 1.165) is 12.0 Å². The van der Waals surface area contributed by atoms with Crippen LogP contribution >= 0.6 is 7.60 Å². The molecule has 1 aromatic rings. The Morgan fingerprint density at radius 1 is 1.04 bits per heavy atom. The van der Waals surface area contributed by atoms with Crippen LogP contribution in [0.15, 0.2) is 18.2 Å². The minimum atomic E-state index is -3.24. The Morgan fingerprint density at radius 2 is 1.58 bits per heavy atom. The molecule has 0 radical (unpaired) electrons. The zero-order valence-corrected chi connectivity index (χ0v) is 17.1. The number of phenolic OH excluding ortho intramolecular Hbond substituents is 1. The number of aromatic hydroxyl groups is 1. The summed E-state index contributed by atoms with van der Waals surface area (Å²) in [7, 11) is -3.24. The highest BCUT2D eigenvalue weighted by Gasteiger charge is 2.30. The highest BCUT2D eigenvalue weighted by atomic mass is 31.2. The van der Waals surface area contributed by atoms with Gasteiger partial charge in [-0.2, -0.15) is 0 Å². The zero-order chi connectivity index (χ0) is 18.6. The SMILES string of the molecule is CCOP(=O)(Cc1cc(C(C)(C)CC(C)(C)C)ccc1O)OCC. The molecule has 0 saturated carbocycles. The Hall–Kier alpha value is -0.830. The van der Waals surface area contributed by atoms with Gasteiger partial charge in [-0.1, -0.05) is 46.8 Å². The second kappa shape index (κ2) is 8.03. The average molecular weight is 356 g/mol. The van der Waals surface area contributed by atoms with Gasteiger partial charge < -0.3 is 14.2 Å². The first-order valence-electron chi connectivity index (χ1n) is 8.63. The molecule has 1 aromatic carbocycles. The van der Waals surface area contributed by atoms with Crippen LogP contribution in [-0.2, 0) is 25.2 Å². The predicted octanol–water partition coefficient (Wildman–Crippen LogP) is 5.87. The molecule has 1 rings (SSSR count). The maximum atomic E-state index is 12.8. The van der Waals surface area contributed by atoms with Crippen LogP contribution in [0, 0.1) is 5.41 Å². The van der Waals surface area contributed by atoms with Crippen molar-refractivity contribution in [3.05, 3.63) is 29.3 Å². The Kier molecular flexibility index (Phi) is 7.10. The Morgan fingerprint density at radius 3 is 2.04 bits per heavy atom. The summed E-state index contributed by atoms with van der Waals surface area (Å²) in [6.07, 6.45) is 1.08. The third-order valence-electron chi connectivity index (χ3n) is 3.85. The van der Waals surface area contributed by atoms with Crippen LogP contribution < -0.4 is 0 Å². The van der Waals surface area contributed by atoms with Gasteiger partial charge in [0.1, 0.15) is 5.75 Å². The van der Waals surface area contributed by atoms with Crippen LogP contribution in [0.1, 0.15) is 66.0 Å². The molecule has 138 valence electrons. The molecule has 0 aliphatic carbocycles. The third-order valence-corrected chi connectivity index (χ3v) is 5.88. The molecule has 0 unspecified atom stereocenters. The molecular formula is C19H33O4P. The van der Waals surface area contributed by atoms with E-state index in [9.17, 15) is 9.67 Å².